The number of amides is 1. The third-order valence-corrected chi connectivity index (χ3v) is 3.38. The van der Waals surface area contributed by atoms with Gasteiger partial charge in [0.1, 0.15) is 6.33 Å². The molecule has 0 bridgehead atoms. The average molecular weight is 233 g/mol. The van der Waals surface area contributed by atoms with E-state index in [4.69, 9.17) is 0 Å². The first-order valence-electron chi connectivity index (χ1n) is 6.17. The van der Waals surface area contributed by atoms with Gasteiger partial charge in [-0.25, -0.2) is 9.97 Å². The van der Waals surface area contributed by atoms with Gasteiger partial charge < -0.3 is 4.90 Å². The number of carbonyl (C=O) groups is 1. The van der Waals surface area contributed by atoms with Crippen molar-refractivity contribution in [3.05, 3.63) is 23.3 Å². The van der Waals surface area contributed by atoms with Crippen LogP contribution in [0.25, 0.3) is 0 Å². The van der Waals surface area contributed by atoms with Gasteiger partial charge in [0.05, 0.1) is 17.0 Å². The first-order valence-corrected chi connectivity index (χ1v) is 6.17. The maximum Gasteiger partial charge on any atom is 0.257 e. The van der Waals surface area contributed by atoms with Gasteiger partial charge in [0, 0.05) is 13.1 Å². The number of carbonyl (C=O) groups excluding carboxylic acids is 1. The number of aromatic nitrogens is 2. The van der Waals surface area contributed by atoms with E-state index in [1.165, 1.54) is 12.7 Å². The summed E-state index contributed by atoms with van der Waals surface area (Å²) < 4.78 is 0. The number of aryl methyl sites for hydroxylation is 2. The minimum Gasteiger partial charge on any atom is -0.338 e. The summed E-state index contributed by atoms with van der Waals surface area (Å²) >= 11 is 0. The third kappa shape index (κ3) is 2.46. The summed E-state index contributed by atoms with van der Waals surface area (Å²) in [5.74, 6) is 0.685. The molecule has 4 nitrogen and oxygen atoms in total. The highest BCUT2D eigenvalue weighted by molar-refractivity contribution is 5.96. The van der Waals surface area contributed by atoms with Gasteiger partial charge in [0.15, 0.2) is 0 Å². The molecule has 92 valence electrons. The van der Waals surface area contributed by atoms with Gasteiger partial charge in [-0.2, -0.15) is 0 Å². The van der Waals surface area contributed by atoms with Crippen LogP contribution < -0.4 is 0 Å². The van der Waals surface area contributed by atoms with Gasteiger partial charge >= 0.3 is 0 Å². The van der Waals surface area contributed by atoms with E-state index in [9.17, 15) is 4.79 Å². The van der Waals surface area contributed by atoms with Crippen molar-refractivity contribution in [1.29, 1.82) is 0 Å². The Morgan fingerprint density at radius 1 is 1.35 bits per heavy atom. The van der Waals surface area contributed by atoms with Crippen molar-refractivity contribution in [1.82, 2.24) is 14.9 Å². The Morgan fingerprint density at radius 3 is 2.59 bits per heavy atom. The maximum absolute atomic E-state index is 12.4. The Hall–Kier alpha value is -1.45. The number of likely N-dealkylation sites (tertiary alicyclic amines) is 1. The number of rotatable bonds is 1. The fraction of sp³-hybridized carbons (Fsp3) is 0.615. The molecular weight excluding hydrogens is 214 g/mol. The Balaban J connectivity index is 2.24. The highest BCUT2D eigenvalue weighted by atomic mass is 16.2. The molecule has 0 saturated carbocycles. The lowest BCUT2D eigenvalue weighted by Crippen LogP contribution is -2.39. The van der Waals surface area contributed by atoms with Crippen LogP contribution in [0.15, 0.2) is 6.33 Å². The Labute approximate surface area is 102 Å². The molecule has 1 fully saturated rings. The summed E-state index contributed by atoms with van der Waals surface area (Å²) in [4.78, 5) is 22.6. The zero-order valence-corrected chi connectivity index (χ0v) is 10.7. The Bertz CT molecular complexity index is 410. The van der Waals surface area contributed by atoms with Crippen molar-refractivity contribution in [3.8, 4) is 0 Å². The van der Waals surface area contributed by atoms with E-state index in [1.807, 2.05) is 18.7 Å². The standard InChI is InChI=1S/C13H19N3O/c1-9-5-4-6-16(7-9)13(17)12-10(2)14-8-15-11(12)3/h8-9H,4-7H2,1-3H3. The maximum atomic E-state index is 12.4. The monoisotopic (exact) mass is 233 g/mol. The molecule has 1 aromatic heterocycles. The van der Waals surface area contributed by atoms with Gasteiger partial charge in [0.25, 0.3) is 5.91 Å². The molecule has 1 aliphatic rings. The summed E-state index contributed by atoms with van der Waals surface area (Å²) in [6.07, 6.45) is 3.83. The molecule has 1 atom stereocenters. The lowest BCUT2D eigenvalue weighted by molar-refractivity contribution is 0.0680. The SMILES string of the molecule is Cc1ncnc(C)c1C(=O)N1CCCC(C)C1. The van der Waals surface area contributed by atoms with Crippen LogP contribution in [0.3, 0.4) is 0 Å². The Morgan fingerprint density at radius 2 is 2.00 bits per heavy atom. The van der Waals surface area contributed by atoms with Crippen LogP contribution in [0.2, 0.25) is 0 Å². The minimum absolute atomic E-state index is 0.0900. The van der Waals surface area contributed by atoms with Crippen molar-refractivity contribution in [2.24, 2.45) is 5.92 Å². The molecule has 1 unspecified atom stereocenters. The first kappa shape index (κ1) is 12.0. The van der Waals surface area contributed by atoms with E-state index in [1.54, 1.807) is 0 Å². The normalized spacial score (nSPS) is 20.4. The smallest absolute Gasteiger partial charge is 0.257 e. The highest BCUT2D eigenvalue weighted by Crippen LogP contribution is 2.19. The zero-order chi connectivity index (χ0) is 12.4. The van der Waals surface area contributed by atoms with Gasteiger partial charge in [-0.05, 0) is 32.6 Å². The van der Waals surface area contributed by atoms with Gasteiger partial charge in [-0.15, -0.1) is 0 Å². The Kier molecular flexibility index (Phi) is 3.41. The summed E-state index contributed by atoms with van der Waals surface area (Å²) in [5, 5.41) is 0. The zero-order valence-electron chi connectivity index (χ0n) is 10.7. The molecule has 1 amide bonds. The molecular formula is C13H19N3O. The van der Waals surface area contributed by atoms with Gasteiger partial charge in [-0.3, -0.25) is 4.79 Å². The molecule has 2 rings (SSSR count). The van der Waals surface area contributed by atoms with E-state index in [-0.39, 0.29) is 5.91 Å². The number of hydrogen-bond donors (Lipinski definition) is 0. The van der Waals surface area contributed by atoms with Crippen LogP contribution in [-0.2, 0) is 0 Å². The predicted molar refractivity (Wildman–Crippen MR) is 65.8 cm³/mol. The number of nitrogens with zero attached hydrogens (tertiary/aromatic N) is 3. The molecule has 4 heteroatoms. The lowest BCUT2D eigenvalue weighted by atomic mass is 9.99. The van der Waals surface area contributed by atoms with Crippen LogP contribution in [0, 0.1) is 19.8 Å². The minimum atomic E-state index is 0.0900. The largest absolute Gasteiger partial charge is 0.338 e. The van der Waals surface area contributed by atoms with Crippen LogP contribution in [0.1, 0.15) is 41.5 Å². The third-order valence-electron chi connectivity index (χ3n) is 3.38. The summed E-state index contributed by atoms with van der Waals surface area (Å²) in [5.41, 5.74) is 2.24. The first-order chi connectivity index (χ1) is 8.09. The molecule has 0 N–H and O–H groups in total. The van der Waals surface area contributed by atoms with Crippen molar-refractivity contribution in [2.75, 3.05) is 13.1 Å². The lowest BCUT2D eigenvalue weighted by Gasteiger charge is -2.31. The van der Waals surface area contributed by atoms with Gasteiger partial charge in [-0.1, -0.05) is 6.92 Å². The van der Waals surface area contributed by atoms with Crippen molar-refractivity contribution >= 4 is 5.91 Å². The topological polar surface area (TPSA) is 46.1 Å². The van der Waals surface area contributed by atoms with E-state index in [0.717, 1.165) is 30.9 Å². The summed E-state index contributed by atoms with van der Waals surface area (Å²) in [7, 11) is 0. The number of hydrogen-bond acceptors (Lipinski definition) is 3. The molecule has 0 radical (unpaired) electrons. The predicted octanol–water partition coefficient (Wildman–Crippen LogP) is 1.97. The van der Waals surface area contributed by atoms with E-state index in [2.05, 4.69) is 16.9 Å². The summed E-state index contributed by atoms with van der Waals surface area (Å²) in [6, 6.07) is 0. The second-order valence-electron chi connectivity index (χ2n) is 4.92. The second kappa shape index (κ2) is 4.82. The second-order valence-corrected chi connectivity index (χ2v) is 4.92. The summed E-state index contributed by atoms with van der Waals surface area (Å²) in [6.45, 7) is 7.65. The van der Waals surface area contributed by atoms with E-state index in [0.29, 0.717) is 11.5 Å². The van der Waals surface area contributed by atoms with Crippen molar-refractivity contribution < 1.29 is 4.79 Å². The molecule has 0 aromatic carbocycles. The molecule has 0 spiro atoms. The molecule has 1 saturated heterocycles. The molecule has 2 heterocycles. The fourth-order valence-electron chi connectivity index (χ4n) is 2.43. The van der Waals surface area contributed by atoms with Crippen LogP contribution in [0.4, 0.5) is 0 Å². The fourth-order valence-corrected chi connectivity index (χ4v) is 2.43. The molecule has 17 heavy (non-hydrogen) atoms. The van der Waals surface area contributed by atoms with Crippen LogP contribution >= 0.6 is 0 Å². The highest BCUT2D eigenvalue weighted by Gasteiger charge is 2.24. The van der Waals surface area contributed by atoms with Crippen molar-refractivity contribution in [2.45, 2.75) is 33.6 Å². The van der Waals surface area contributed by atoms with Crippen molar-refractivity contribution in [3.63, 3.8) is 0 Å². The average Bonchev–Trinajstić information content (AvgIpc) is 2.28. The quantitative estimate of drug-likeness (QED) is 0.745. The van der Waals surface area contributed by atoms with E-state index >= 15 is 0 Å². The van der Waals surface area contributed by atoms with E-state index < -0.39 is 0 Å². The van der Waals surface area contributed by atoms with Crippen LogP contribution in [0.5, 0.6) is 0 Å². The molecule has 0 aliphatic carbocycles. The number of piperidine rings is 1. The molecule has 1 aromatic rings. The molecule has 1 aliphatic heterocycles. The van der Waals surface area contributed by atoms with Crippen LogP contribution in [-0.4, -0.2) is 33.9 Å². The van der Waals surface area contributed by atoms with Gasteiger partial charge in [0.2, 0.25) is 0 Å².